The van der Waals surface area contributed by atoms with Crippen LogP contribution in [0.3, 0.4) is 0 Å². The van der Waals surface area contributed by atoms with Crippen LogP contribution in [0.4, 0.5) is 5.82 Å². The lowest BCUT2D eigenvalue weighted by molar-refractivity contribution is -0.0543. The maximum absolute atomic E-state index is 11.7. The van der Waals surface area contributed by atoms with E-state index in [0.29, 0.717) is 0 Å². The molecular formula is C9H14N3O8P. The van der Waals surface area contributed by atoms with Crippen LogP contribution in [0, 0.1) is 0 Å². The van der Waals surface area contributed by atoms with Crippen molar-refractivity contribution < 1.29 is 33.8 Å². The monoisotopic (exact) mass is 323 g/mol. The summed E-state index contributed by atoms with van der Waals surface area (Å²) in [6, 6.07) is 1.26. The molecule has 118 valence electrons. The van der Waals surface area contributed by atoms with E-state index in [1.54, 1.807) is 0 Å². The highest BCUT2D eigenvalue weighted by Gasteiger charge is 2.48. The lowest BCUT2D eigenvalue weighted by Gasteiger charge is -2.22. The van der Waals surface area contributed by atoms with E-state index in [2.05, 4.69) is 9.51 Å². The molecule has 6 N–H and O–H groups in total. The molecule has 0 aliphatic carbocycles. The Kier molecular flexibility index (Phi) is 4.44. The largest absolute Gasteiger partial charge is 0.470 e. The highest BCUT2D eigenvalue weighted by molar-refractivity contribution is 7.46. The molecule has 4 atom stereocenters. The van der Waals surface area contributed by atoms with Crippen molar-refractivity contribution in [2.24, 2.45) is 0 Å². The third-order valence-electron chi connectivity index (χ3n) is 2.88. The zero-order valence-electron chi connectivity index (χ0n) is 10.5. The molecule has 1 aromatic heterocycles. The number of aromatic nitrogens is 2. The molecule has 1 aliphatic heterocycles. The van der Waals surface area contributed by atoms with Gasteiger partial charge in [-0.05, 0) is 6.07 Å². The average Bonchev–Trinajstić information content (AvgIpc) is 2.65. The van der Waals surface area contributed by atoms with Crippen LogP contribution in [0.15, 0.2) is 17.1 Å². The fourth-order valence-corrected chi connectivity index (χ4v) is 2.53. The fraction of sp³-hybridized carbons (Fsp3) is 0.556. The minimum absolute atomic E-state index is 0.0547. The second kappa shape index (κ2) is 5.81. The van der Waals surface area contributed by atoms with Crippen molar-refractivity contribution in [1.82, 2.24) is 9.55 Å². The number of anilines is 1. The maximum atomic E-state index is 11.7. The molecule has 2 rings (SSSR count). The number of nitrogens with two attached hydrogens (primary N) is 1. The molecule has 1 aromatic rings. The van der Waals surface area contributed by atoms with Crippen LogP contribution in [-0.4, -0.2) is 54.5 Å². The van der Waals surface area contributed by atoms with Gasteiger partial charge in [0.05, 0.1) is 6.61 Å². The summed E-state index contributed by atoms with van der Waals surface area (Å²) >= 11 is 0. The Morgan fingerprint density at radius 1 is 1.52 bits per heavy atom. The van der Waals surface area contributed by atoms with E-state index in [1.807, 2.05) is 0 Å². The minimum Gasteiger partial charge on any atom is -0.394 e. The van der Waals surface area contributed by atoms with Crippen molar-refractivity contribution in [3.63, 3.8) is 0 Å². The molecule has 12 heteroatoms. The van der Waals surface area contributed by atoms with Gasteiger partial charge in [-0.1, -0.05) is 0 Å². The topological polar surface area (TPSA) is 177 Å². The fourth-order valence-electron chi connectivity index (χ4n) is 1.98. The molecule has 0 amide bonds. The van der Waals surface area contributed by atoms with Crippen LogP contribution < -0.4 is 11.4 Å². The normalized spacial score (nSPS) is 29.7. The number of phosphoric ester groups is 1. The number of rotatable bonds is 4. The molecule has 21 heavy (non-hydrogen) atoms. The van der Waals surface area contributed by atoms with Crippen LogP contribution in [0.5, 0.6) is 0 Å². The summed E-state index contributed by atoms with van der Waals surface area (Å²) in [6.45, 7) is -0.629. The van der Waals surface area contributed by atoms with Crippen LogP contribution in [0.25, 0.3) is 0 Å². The molecule has 0 spiro atoms. The third kappa shape index (κ3) is 3.47. The van der Waals surface area contributed by atoms with Crippen LogP contribution in [0.2, 0.25) is 0 Å². The summed E-state index contributed by atoms with van der Waals surface area (Å²) in [5.41, 5.74) is 4.48. The molecule has 0 radical (unpaired) electrons. The Morgan fingerprint density at radius 3 is 2.71 bits per heavy atom. The molecule has 0 saturated carbocycles. The van der Waals surface area contributed by atoms with E-state index >= 15 is 0 Å². The Morgan fingerprint density at radius 2 is 2.19 bits per heavy atom. The van der Waals surface area contributed by atoms with Gasteiger partial charge in [-0.15, -0.1) is 0 Å². The second-order valence-corrected chi connectivity index (χ2v) is 5.53. The Labute approximate surface area is 117 Å². The van der Waals surface area contributed by atoms with E-state index in [9.17, 15) is 14.5 Å². The first-order valence-electron chi connectivity index (χ1n) is 5.76. The van der Waals surface area contributed by atoms with E-state index in [1.165, 1.54) is 12.3 Å². The van der Waals surface area contributed by atoms with Gasteiger partial charge in [0, 0.05) is 6.20 Å². The summed E-state index contributed by atoms with van der Waals surface area (Å²) < 4.78 is 21.5. The van der Waals surface area contributed by atoms with Gasteiger partial charge in [0.2, 0.25) is 0 Å². The Balaban J connectivity index is 2.39. The molecule has 1 aliphatic rings. The predicted molar refractivity (Wildman–Crippen MR) is 66.8 cm³/mol. The summed E-state index contributed by atoms with van der Waals surface area (Å²) in [4.78, 5) is 32.9. The zero-order chi connectivity index (χ0) is 15.8. The number of aliphatic hydroxyl groups is 2. The molecule has 1 saturated heterocycles. The molecule has 1 unspecified atom stereocenters. The number of hydrogen-bond acceptors (Lipinski definition) is 8. The Hall–Kier alpha value is -1.33. The number of aliphatic hydroxyl groups excluding tert-OH is 2. The maximum Gasteiger partial charge on any atom is 0.470 e. The lowest BCUT2D eigenvalue weighted by atomic mass is 10.1. The third-order valence-corrected chi connectivity index (χ3v) is 3.40. The van der Waals surface area contributed by atoms with E-state index in [0.717, 1.165) is 4.57 Å². The number of phosphoric acid groups is 1. The van der Waals surface area contributed by atoms with E-state index in [4.69, 9.17) is 25.4 Å². The molecule has 11 nitrogen and oxygen atoms in total. The average molecular weight is 323 g/mol. The van der Waals surface area contributed by atoms with Crippen molar-refractivity contribution in [3.05, 3.63) is 22.7 Å². The SMILES string of the molecule is Nc1ccn([C@@H]2O[C@H](CO)[C@H](O)C2OP(=O)(O)O)c(=O)n1. The van der Waals surface area contributed by atoms with Crippen molar-refractivity contribution in [1.29, 1.82) is 0 Å². The van der Waals surface area contributed by atoms with Crippen molar-refractivity contribution in [3.8, 4) is 0 Å². The molecule has 0 aromatic carbocycles. The van der Waals surface area contributed by atoms with Gasteiger partial charge < -0.3 is 30.5 Å². The van der Waals surface area contributed by atoms with Crippen molar-refractivity contribution >= 4 is 13.6 Å². The number of nitrogen functional groups attached to an aromatic ring is 1. The van der Waals surface area contributed by atoms with Crippen LogP contribution in [0.1, 0.15) is 6.23 Å². The molecule has 1 fully saturated rings. The lowest BCUT2D eigenvalue weighted by Crippen LogP contribution is -2.37. The van der Waals surface area contributed by atoms with Crippen LogP contribution in [-0.2, 0) is 13.8 Å². The predicted octanol–water partition coefficient (Wildman–Crippen LogP) is -2.45. The summed E-state index contributed by atoms with van der Waals surface area (Å²) in [6.07, 6.45) is -4.47. The van der Waals surface area contributed by atoms with Gasteiger partial charge in [0.1, 0.15) is 24.1 Å². The summed E-state index contributed by atoms with van der Waals surface area (Å²) in [5.74, 6) is -0.0547. The number of ether oxygens (including phenoxy) is 1. The minimum atomic E-state index is -4.95. The zero-order valence-corrected chi connectivity index (χ0v) is 11.4. The highest BCUT2D eigenvalue weighted by Crippen LogP contribution is 2.44. The standard InChI is InChI=1S/C9H14N3O8P/c10-5-1-2-12(9(15)11-5)8-7(20-21(16,17)18)6(14)4(3-13)19-8/h1-2,4,6-8,13-14H,3H2,(H2,10,11,15)(H2,16,17,18)/t4-,6+,7?,8-/m1/s1. The van der Waals surface area contributed by atoms with Crippen molar-refractivity contribution in [2.45, 2.75) is 24.5 Å². The summed E-state index contributed by atoms with van der Waals surface area (Å²) in [5, 5.41) is 18.9. The second-order valence-electron chi connectivity index (χ2n) is 4.34. The first-order chi connectivity index (χ1) is 9.73. The van der Waals surface area contributed by atoms with Gasteiger partial charge in [0.15, 0.2) is 6.23 Å². The molecule has 0 bridgehead atoms. The Bertz CT molecular complexity index is 615. The molecular weight excluding hydrogens is 309 g/mol. The van der Waals surface area contributed by atoms with Gasteiger partial charge >= 0.3 is 13.5 Å². The van der Waals surface area contributed by atoms with Gasteiger partial charge in [-0.25, -0.2) is 9.36 Å². The number of nitrogens with zero attached hydrogens (tertiary/aromatic N) is 2. The molecule has 2 heterocycles. The first kappa shape index (κ1) is 16.0. The van der Waals surface area contributed by atoms with Gasteiger partial charge in [-0.3, -0.25) is 9.09 Å². The van der Waals surface area contributed by atoms with Crippen LogP contribution >= 0.6 is 7.82 Å². The quantitative estimate of drug-likeness (QED) is 0.374. The summed E-state index contributed by atoms with van der Waals surface area (Å²) in [7, 11) is -4.95. The van der Waals surface area contributed by atoms with Crippen molar-refractivity contribution in [2.75, 3.05) is 12.3 Å². The van der Waals surface area contributed by atoms with E-state index < -0.39 is 44.7 Å². The smallest absolute Gasteiger partial charge is 0.394 e. The highest BCUT2D eigenvalue weighted by atomic mass is 31.2. The number of hydrogen-bond donors (Lipinski definition) is 5. The first-order valence-corrected chi connectivity index (χ1v) is 7.29. The van der Waals surface area contributed by atoms with Gasteiger partial charge in [0.25, 0.3) is 0 Å². The van der Waals surface area contributed by atoms with Gasteiger partial charge in [-0.2, -0.15) is 4.98 Å². The van der Waals surface area contributed by atoms with E-state index in [-0.39, 0.29) is 5.82 Å².